The van der Waals surface area contributed by atoms with E-state index in [4.69, 9.17) is 0 Å². The number of hydrogen-bond acceptors (Lipinski definition) is 2. The van der Waals surface area contributed by atoms with Crippen molar-refractivity contribution < 1.29 is 0 Å². The molecular weight excluding hydrogens is 210 g/mol. The molecule has 0 atom stereocenters. The van der Waals surface area contributed by atoms with Crippen LogP contribution in [0, 0.1) is 6.92 Å². The van der Waals surface area contributed by atoms with Crippen LogP contribution in [0.3, 0.4) is 0 Å². The largest absolute Gasteiger partial charge is 0.316 e. The third-order valence-electron chi connectivity index (χ3n) is 3.08. The monoisotopic (exact) mass is 229 g/mol. The van der Waals surface area contributed by atoms with Crippen LogP contribution in [-0.4, -0.2) is 16.8 Å². The SMILES string of the molecule is CCc1ccccc1-n1ncc(CNC)c1C. The van der Waals surface area contributed by atoms with Crippen LogP contribution in [-0.2, 0) is 13.0 Å². The van der Waals surface area contributed by atoms with Crippen LogP contribution in [0.25, 0.3) is 5.69 Å². The second kappa shape index (κ2) is 5.15. The highest BCUT2D eigenvalue weighted by molar-refractivity contribution is 5.42. The van der Waals surface area contributed by atoms with Crippen molar-refractivity contribution in [3.63, 3.8) is 0 Å². The molecule has 0 aliphatic rings. The van der Waals surface area contributed by atoms with E-state index in [9.17, 15) is 0 Å². The molecule has 0 saturated heterocycles. The Balaban J connectivity index is 2.46. The molecule has 0 amide bonds. The number of rotatable bonds is 4. The molecule has 1 heterocycles. The van der Waals surface area contributed by atoms with Gasteiger partial charge >= 0.3 is 0 Å². The second-order valence-corrected chi connectivity index (χ2v) is 4.18. The van der Waals surface area contributed by atoms with Gasteiger partial charge in [0.2, 0.25) is 0 Å². The van der Waals surface area contributed by atoms with E-state index in [1.807, 2.05) is 17.9 Å². The molecule has 2 aromatic rings. The normalized spacial score (nSPS) is 10.8. The van der Waals surface area contributed by atoms with E-state index in [0.717, 1.165) is 13.0 Å². The van der Waals surface area contributed by atoms with Gasteiger partial charge in [0, 0.05) is 17.8 Å². The Hall–Kier alpha value is -1.61. The first-order valence-electron chi connectivity index (χ1n) is 6.04. The van der Waals surface area contributed by atoms with Gasteiger partial charge in [0.05, 0.1) is 11.9 Å². The molecule has 0 unspecified atom stereocenters. The van der Waals surface area contributed by atoms with Crippen LogP contribution in [0.5, 0.6) is 0 Å². The number of aryl methyl sites for hydroxylation is 1. The van der Waals surface area contributed by atoms with Crippen molar-refractivity contribution in [1.82, 2.24) is 15.1 Å². The summed E-state index contributed by atoms with van der Waals surface area (Å²) >= 11 is 0. The molecule has 0 radical (unpaired) electrons. The third kappa shape index (κ3) is 2.24. The van der Waals surface area contributed by atoms with Gasteiger partial charge in [-0.2, -0.15) is 5.10 Å². The number of benzene rings is 1. The molecule has 0 saturated carbocycles. The first-order chi connectivity index (χ1) is 8.27. The first kappa shape index (κ1) is 11.9. The Kier molecular flexibility index (Phi) is 3.59. The fourth-order valence-corrected chi connectivity index (χ4v) is 2.07. The predicted molar refractivity (Wildman–Crippen MR) is 70.4 cm³/mol. The van der Waals surface area contributed by atoms with Crippen molar-refractivity contribution >= 4 is 0 Å². The Bertz CT molecular complexity index is 500. The number of aromatic nitrogens is 2. The fourth-order valence-electron chi connectivity index (χ4n) is 2.07. The topological polar surface area (TPSA) is 29.9 Å². The average Bonchev–Trinajstić information content (AvgIpc) is 2.72. The number of para-hydroxylation sites is 1. The summed E-state index contributed by atoms with van der Waals surface area (Å²) in [6.45, 7) is 5.15. The molecule has 0 bridgehead atoms. The molecule has 2 rings (SSSR count). The lowest BCUT2D eigenvalue weighted by molar-refractivity contribution is 0.798. The molecule has 1 aromatic heterocycles. The summed E-state index contributed by atoms with van der Waals surface area (Å²) in [5.41, 5.74) is 4.98. The van der Waals surface area contributed by atoms with Crippen molar-refractivity contribution in [3.05, 3.63) is 47.3 Å². The lowest BCUT2D eigenvalue weighted by Crippen LogP contribution is -2.07. The lowest BCUT2D eigenvalue weighted by atomic mass is 10.1. The maximum Gasteiger partial charge on any atom is 0.0680 e. The highest BCUT2D eigenvalue weighted by atomic mass is 15.3. The summed E-state index contributed by atoms with van der Waals surface area (Å²) in [4.78, 5) is 0. The maximum atomic E-state index is 4.49. The van der Waals surface area contributed by atoms with Crippen LogP contribution in [0.2, 0.25) is 0 Å². The van der Waals surface area contributed by atoms with E-state index in [-0.39, 0.29) is 0 Å². The van der Waals surface area contributed by atoms with Crippen molar-refractivity contribution in [2.24, 2.45) is 0 Å². The van der Waals surface area contributed by atoms with Gasteiger partial charge in [-0.05, 0) is 32.0 Å². The Labute approximate surface area is 102 Å². The van der Waals surface area contributed by atoms with Crippen molar-refractivity contribution in [2.45, 2.75) is 26.8 Å². The van der Waals surface area contributed by atoms with Crippen LogP contribution >= 0.6 is 0 Å². The molecular formula is C14H19N3. The predicted octanol–water partition coefficient (Wildman–Crippen LogP) is 2.46. The van der Waals surface area contributed by atoms with E-state index >= 15 is 0 Å². The standard InChI is InChI=1S/C14H19N3/c1-4-12-7-5-6-8-14(12)17-11(2)13(9-15-3)10-16-17/h5-8,10,15H,4,9H2,1-3H3. The lowest BCUT2D eigenvalue weighted by Gasteiger charge is -2.10. The highest BCUT2D eigenvalue weighted by Gasteiger charge is 2.09. The van der Waals surface area contributed by atoms with Crippen molar-refractivity contribution in [3.8, 4) is 5.69 Å². The molecule has 0 spiro atoms. The van der Waals surface area contributed by atoms with Gasteiger partial charge in [0.15, 0.2) is 0 Å². The number of nitrogens with one attached hydrogen (secondary N) is 1. The van der Waals surface area contributed by atoms with Crippen molar-refractivity contribution in [2.75, 3.05) is 7.05 Å². The van der Waals surface area contributed by atoms with Crippen LogP contribution in [0.4, 0.5) is 0 Å². The zero-order valence-electron chi connectivity index (χ0n) is 10.7. The molecule has 1 aromatic carbocycles. The zero-order chi connectivity index (χ0) is 12.3. The fraction of sp³-hybridized carbons (Fsp3) is 0.357. The molecule has 17 heavy (non-hydrogen) atoms. The van der Waals surface area contributed by atoms with E-state index < -0.39 is 0 Å². The molecule has 0 aliphatic heterocycles. The minimum absolute atomic E-state index is 0.861. The van der Waals surface area contributed by atoms with E-state index in [1.54, 1.807) is 0 Å². The number of hydrogen-bond donors (Lipinski definition) is 1. The summed E-state index contributed by atoms with van der Waals surface area (Å²) < 4.78 is 2.03. The Morgan fingerprint density at radius 3 is 2.71 bits per heavy atom. The Morgan fingerprint density at radius 2 is 2.00 bits per heavy atom. The summed E-state index contributed by atoms with van der Waals surface area (Å²) in [7, 11) is 1.96. The molecule has 1 N–H and O–H groups in total. The highest BCUT2D eigenvalue weighted by Crippen LogP contribution is 2.18. The summed E-state index contributed by atoms with van der Waals surface area (Å²) in [5, 5.41) is 7.65. The van der Waals surface area contributed by atoms with Crippen LogP contribution < -0.4 is 5.32 Å². The zero-order valence-corrected chi connectivity index (χ0v) is 10.7. The van der Waals surface area contributed by atoms with Gasteiger partial charge in [0.25, 0.3) is 0 Å². The summed E-state index contributed by atoms with van der Waals surface area (Å²) in [6.07, 6.45) is 2.97. The van der Waals surface area contributed by atoms with Crippen molar-refractivity contribution in [1.29, 1.82) is 0 Å². The Morgan fingerprint density at radius 1 is 1.24 bits per heavy atom. The smallest absolute Gasteiger partial charge is 0.0680 e. The van der Waals surface area contributed by atoms with E-state index in [0.29, 0.717) is 0 Å². The minimum atomic E-state index is 0.861. The molecule has 3 heteroatoms. The van der Waals surface area contributed by atoms with Gasteiger partial charge in [-0.3, -0.25) is 0 Å². The summed E-state index contributed by atoms with van der Waals surface area (Å²) in [5.74, 6) is 0. The van der Waals surface area contributed by atoms with Gasteiger partial charge in [-0.25, -0.2) is 4.68 Å². The maximum absolute atomic E-state index is 4.49. The number of nitrogens with zero attached hydrogens (tertiary/aromatic N) is 2. The van der Waals surface area contributed by atoms with Crippen LogP contribution in [0.1, 0.15) is 23.7 Å². The van der Waals surface area contributed by atoms with Crippen LogP contribution in [0.15, 0.2) is 30.5 Å². The summed E-state index contributed by atoms with van der Waals surface area (Å²) in [6, 6.07) is 8.43. The molecule has 90 valence electrons. The van der Waals surface area contributed by atoms with E-state index in [1.165, 1.54) is 22.5 Å². The molecule has 0 aliphatic carbocycles. The van der Waals surface area contributed by atoms with Gasteiger partial charge in [-0.1, -0.05) is 25.1 Å². The molecule has 0 fully saturated rings. The second-order valence-electron chi connectivity index (χ2n) is 4.18. The van der Waals surface area contributed by atoms with Gasteiger partial charge in [0.1, 0.15) is 0 Å². The molecule has 3 nitrogen and oxygen atoms in total. The van der Waals surface area contributed by atoms with Gasteiger partial charge in [-0.15, -0.1) is 0 Å². The third-order valence-corrected chi connectivity index (χ3v) is 3.08. The first-order valence-corrected chi connectivity index (χ1v) is 6.04. The quantitative estimate of drug-likeness (QED) is 0.872. The van der Waals surface area contributed by atoms with Gasteiger partial charge < -0.3 is 5.32 Å². The average molecular weight is 229 g/mol. The minimum Gasteiger partial charge on any atom is -0.316 e. The van der Waals surface area contributed by atoms with E-state index in [2.05, 4.69) is 48.5 Å².